The highest BCUT2D eigenvalue weighted by Gasteiger charge is 2.27. The number of aromatic nitrogens is 2. The fourth-order valence-corrected chi connectivity index (χ4v) is 1.06. The van der Waals surface area contributed by atoms with E-state index in [1.807, 2.05) is 6.92 Å². The standard InChI is InChI=1S/C10H13F3N4O/c1-6-3-8(17-16-7(6)2)14-4-9(18)15-5-10(11,12)13/h3H,4-5H2,1-2H3,(H,14,17)(H,15,18). The quantitative estimate of drug-likeness (QED) is 0.855. The Morgan fingerprint density at radius 2 is 2.00 bits per heavy atom. The van der Waals surface area contributed by atoms with Gasteiger partial charge in [0.15, 0.2) is 0 Å². The SMILES string of the molecule is Cc1cc(NCC(=O)NCC(F)(F)F)nnc1C. The smallest absolute Gasteiger partial charge is 0.360 e. The van der Waals surface area contributed by atoms with Gasteiger partial charge in [-0.1, -0.05) is 0 Å². The summed E-state index contributed by atoms with van der Waals surface area (Å²) in [5.41, 5.74) is 1.63. The van der Waals surface area contributed by atoms with Crippen LogP contribution in [0.25, 0.3) is 0 Å². The van der Waals surface area contributed by atoms with Crippen molar-refractivity contribution in [2.45, 2.75) is 20.0 Å². The molecule has 0 fully saturated rings. The van der Waals surface area contributed by atoms with Crippen LogP contribution in [0.5, 0.6) is 0 Å². The summed E-state index contributed by atoms with van der Waals surface area (Å²) in [6.07, 6.45) is -4.41. The van der Waals surface area contributed by atoms with Gasteiger partial charge in [-0.3, -0.25) is 4.79 Å². The minimum atomic E-state index is -4.41. The Bertz CT molecular complexity index is 434. The van der Waals surface area contributed by atoms with Crippen molar-refractivity contribution in [3.8, 4) is 0 Å². The zero-order chi connectivity index (χ0) is 13.8. The highest BCUT2D eigenvalue weighted by atomic mass is 19.4. The number of anilines is 1. The van der Waals surface area contributed by atoms with Gasteiger partial charge in [0.1, 0.15) is 12.4 Å². The van der Waals surface area contributed by atoms with E-state index in [1.165, 1.54) is 0 Å². The molecule has 1 aromatic rings. The Labute approximate surface area is 102 Å². The van der Waals surface area contributed by atoms with Crippen LogP contribution in [-0.2, 0) is 4.79 Å². The number of nitrogens with one attached hydrogen (secondary N) is 2. The molecule has 0 aliphatic carbocycles. The number of halogens is 3. The van der Waals surface area contributed by atoms with Crippen molar-refractivity contribution in [3.63, 3.8) is 0 Å². The Balaban J connectivity index is 2.40. The number of carbonyl (C=O) groups is 1. The van der Waals surface area contributed by atoms with Crippen LogP contribution in [0, 0.1) is 13.8 Å². The number of hydrogen-bond donors (Lipinski definition) is 2. The molecule has 0 aliphatic rings. The molecule has 1 amide bonds. The van der Waals surface area contributed by atoms with Crippen LogP contribution < -0.4 is 10.6 Å². The monoisotopic (exact) mass is 262 g/mol. The largest absolute Gasteiger partial charge is 0.405 e. The van der Waals surface area contributed by atoms with E-state index in [2.05, 4.69) is 15.5 Å². The van der Waals surface area contributed by atoms with Gasteiger partial charge in [0.05, 0.1) is 12.2 Å². The molecular weight excluding hydrogens is 249 g/mol. The molecule has 0 aliphatic heterocycles. The number of carbonyl (C=O) groups excluding carboxylic acids is 1. The maximum Gasteiger partial charge on any atom is 0.405 e. The topological polar surface area (TPSA) is 66.9 Å². The fraction of sp³-hybridized carbons (Fsp3) is 0.500. The van der Waals surface area contributed by atoms with Crippen LogP contribution >= 0.6 is 0 Å². The van der Waals surface area contributed by atoms with E-state index < -0.39 is 18.6 Å². The molecule has 1 aromatic heterocycles. The molecule has 0 radical (unpaired) electrons. The van der Waals surface area contributed by atoms with E-state index in [0.717, 1.165) is 11.3 Å². The summed E-state index contributed by atoms with van der Waals surface area (Å²) < 4.78 is 35.5. The number of aryl methyl sites for hydroxylation is 2. The summed E-state index contributed by atoms with van der Waals surface area (Å²) in [6.45, 7) is 1.97. The normalized spacial score (nSPS) is 11.2. The zero-order valence-electron chi connectivity index (χ0n) is 9.93. The predicted octanol–water partition coefficient (Wildman–Crippen LogP) is 1.18. The predicted molar refractivity (Wildman–Crippen MR) is 59.1 cm³/mol. The number of amides is 1. The first-order valence-corrected chi connectivity index (χ1v) is 5.16. The Morgan fingerprint density at radius 1 is 1.33 bits per heavy atom. The lowest BCUT2D eigenvalue weighted by Crippen LogP contribution is -2.37. The van der Waals surface area contributed by atoms with Crippen molar-refractivity contribution in [1.82, 2.24) is 15.5 Å². The molecule has 8 heteroatoms. The van der Waals surface area contributed by atoms with Gasteiger partial charge in [0.25, 0.3) is 0 Å². The number of alkyl halides is 3. The number of nitrogens with zero attached hydrogens (tertiary/aromatic N) is 2. The summed E-state index contributed by atoms with van der Waals surface area (Å²) in [6, 6.07) is 1.67. The molecule has 0 bridgehead atoms. The molecule has 0 aromatic carbocycles. The third-order valence-corrected chi connectivity index (χ3v) is 2.15. The van der Waals surface area contributed by atoms with Gasteiger partial charge < -0.3 is 10.6 Å². The van der Waals surface area contributed by atoms with E-state index in [4.69, 9.17) is 0 Å². The van der Waals surface area contributed by atoms with Crippen LogP contribution in [0.3, 0.4) is 0 Å². The maximum absolute atomic E-state index is 11.8. The zero-order valence-corrected chi connectivity index (χ0v) is 9.93. The summed E-state index contributed by atoms with van der Waals surface area (Å²) >= 11 is 0. The second kappa shape index (κ2) is 5.65. The first-order chi connectivity index (χ1) is 8.28. The van der Waals surface area contributed by atoms with E-state index in [-0.39, 0.29) is 6.54 Å². The third kappa shape index (κ3) is 4.98. The Morgan fingerprint density at radius 3 is 2.56 bits per heavy atom. The fourth-order valence-electron chi connectivity index (χ4n) is 1.06. The summed E-state index contributed by atoms with van der Waals surface area (Å²) in [5.74, 6) is -0.410. The average molecular weight is 262 g/mol. The van der Waals surface area contributed by atoms with Crippen molar-refractivity contribution in [2.24, 2.45) is 0 Å². The first-order valence-electron chi connectivity index (χ1n) is 5.16. The van der Waals surface area contributed by atoms with Crippen molar-refractivity contribution in [3.05, 3.63) is 17.3 Å². The highest BCUT2D eigenvalue weighted by Crippen LogP contribution is 2.12. The van der Waals surface area contributed by atoms with Crippen LogP contribution in [-0.4, -0.2) is 35.4 Å². The Hall–Kier alpha value is -1.86. The van der Waals surface area contributed by atoms with Crippen LogP contribution in [0.15, 0.2) is 6.07 Å². The summed E-state index contributed by atoms with van der Waals surface area (Å²) in [7, 11) is 0. The van der Waals surface area contributed by atoms with Crippen LogP contribution in [0.2, 0.25) is 0 Å². The van der Waals surface area contributed by atoms with Gasteiger partial charge in [-0.15, -0.1) is 5.10 Å². The lowest BCUT2D eigenvalue weighted by Gasteiger charge is -2.09. The maximum atomic E-state index is 11.8. The average Bonchev–Trinajstić information content (AvgIpc) is 2.27. The van der Waals surface area contributed by atoms with E-state index >= 15 is 0 Å². The van der Waals surface area contributed by atoms with Gasteiger partial charge >= 0.3 is 6.18 Å². The lowest BCUT2D eigenvalue weighted by atomic mass is 10.2. The van der Waals surface area contributed by atoms with Gasteiger partial charge in [0.2, 0.25) is 5.91 Å². The van der Waals surface area contributed by atoms with Gasteiger partial charge in [-0.2, -0.15) is 18.3 Å². The Kier molecular flexibility index (Phi) is 4.46. The van der Waals surface area contributed by atoms with Crippen LogP contribution in [0.4, 0.5) is 19.0 Å². The second-order valence-electron chi connectivity index (χ2n) is 3.74. The molecule has 100 valence electrons. The molecule has 1 rings (SSSR count). The molecule has 0 saturated carbocycles. The molecule has 2 N–H and O–H groups in total. The van der Waals surface area contributed by atoms with Crippen LogP contribution in [0.1, 0.15) is 11.3 Å². The van der Waals surface area contributed by atoms with Crippen molar-refractivity contribution in [2.75, 3.05) is 18.4 Å². The van der Waals surface area contributed by atoms with E-state index in [0.29, 0.717) is 5.82 Å². The van der Waals surface area contributed by atoms with Gasteiger partial charge in [-0.05, 0) is 25.5 Å². The van der Waals surface area contributed by atoms with Gasteiger partial charge in [-0.25, -0.2) is 0 Å². The summed E-state index contributed by atoms with van der Waals surface area (Å²) in [4.78, 5) is 11.1. The van der Waals surface area contributed by atoms with Crippen molar-refractivity contribution >= 4 is 11.7 Å². The minimum absolute atomic E-state index is 0.284. The minimum Gasteiger partial charge on any atom is -0.360 e. The van der Waals surface area contributed by atoms with Crippen molar-refractivity contribution in [1.29, 1.82) is 0 Å². The number of rotatable bonds is 4. The van der Waals surface area contributed by atoms with Crippen molar-refractivity contribution < 1.29 is 18.0 Å². The van der Waals surface area contributed by atoms with E-state index in [9.17, 15) is 18.0 Å². The third-order valence-electron chi connectivity index (χ3n) is 2.15. The molecule has 5 nitrogen and oxygen atoms in total. The molecule has 0 unspecified atom stereocenters. The molecule has 0 saturated heterocycles. The first kappa shape index (κ1) is 14.2. The molecular formula is C10H13F3N4O. The van der Waals surface area contributed by atoms with E-state index in [1.54, 1.807) is 18.3 Å². The summed E-state index contributed by atoms with van der Waals surface area (Å²) in [5, 5.41) is 11.9. The highest BCUT2D eigenvalue weighted by molar-refractivity contribution is 5.80. The number of hydrogen-bond acceptors (Lipinski definition) is 4. The second-order valence-corrected chi connectivity index (χ2v) is 3.74. The molecule has 0 atom stereocenters. The molecule has 1 heterocycles. The lowest BCUT2D eigenvalue weighted by molar-refractivity contribution is -0.137. The molecule has 18 heavy (non-hydrogen) atoms. The van der Waals surface area contributed by atoms with Gasteiger partial charge in [0, 0.05) is 0 Å². The molecule has 0 spiro atoms.